The molecule has 1 aliphatic heterocycles. The molecule has 0 spiro atoms. The van der Waals surface area contributed by atoms with Gasteiger partial charge in [0.05, 0.1) is 18.8 Å². The highest BCUT2D eigenvalue weighted by Crippen LogP contribution is 2.25. The number of nitrogens with zero attached hydrogens (tertiary/aromatic N) is 1. The van der Waals surface area contributed by atoms with E-state index in [1.165, 1.54) is 19.3 Å². The largest absolute Gasteiger partial charge is 0.495 e. The number of nitrogen functional groups attached to an aromatic ring is 1. The fraction of sp³-hybridized carbons (Fsp3) is 0.562. The monoisotopic (exact) mass is 276 g/mol. The Hall–Kier alpha value is -1.55. The highest BCUT2D eigenvalue weighted by molar-refractivity contribution is 6.00. The Morgan fingerprint density at radius 2 is 2.20 bits per heavy atom. The van der Waals surface area contributed by atoms with Gasteiger partial charge in [-0.3, -0.25) is 9.69 Å². The lowest BCUT2D eigenvalue weighted by Crippen LogP contribution is -2.47. The number of carbonyl (C=O) groups excluding carboxylic acids is 1. The van der Waals surface area contributed by atoms with E-state index < -0.39 is 0 Å². The Kier molecular flexibility index (Phi) is 4.65. The average molecular weight is 276 g/mol. The van der Waals surface area contributed by atoms with Crippen molar-refractivity contribution in [1.82, 2.24) is 4.90 Å². The molecule has 2 atom stereocenters. The van der Waals surface area contributed by atoms with Gasteiger partial charge in [-0.2, -0.15) is 0 Å². The molecule has 0 bridgehead atoms. The van der Waals surface area contributed by atoms with Gasteiger partial charge in [0.1, 0.15) is 5.75 Å². The summed E-state index contributed by atoms with van der Waals surface area (Å²) in [6, 6.07) is 5.64. The lowest BCUT2D eigenvalue weighted by Gasteiger charge is -2.37. The topological polar surface area (TPSA) is 55.6 Å². The number of rotatable bonds is 4. The van der Waals surface area contributed by atoms with E-state index in [1.54, 1.807) is 25.3 Å². The number of benzene rings is 1. The lowest BCUT2D eigenvalue weighted by molar-refractivity contribution is 0.0701. The summed E-state index contributed by atoms with van der Waals surface area (Å²) in [7, 11) is 1.57. The maximum Gasteiger partial charge on any atom is 0.179 e. The number of hydrogen-bond acceptors (Lipinski definition) is 4. The molecule has 4 heteroatoms. The number of ketones is 1. The lowest BCUT2D eigenvalue weighted by atomic mass is 9.97. The standard InChI is InChI=1S/C16H24N2O2/c1-11-6-4-5-9-18(11)12(2)16(19)13-7-8-15(20-3)14(17)10-13/h7-8,10-12H,4-6,9,17H2,1-3H3. The predicted molar refractivity (Wildman–Crippen MR) is 81.2 cm³/mol. The fourth-order valence-corrected chi connectivity index (χ4v) is 2.98. The fourth-order valence-electron chi connectivity index (χ4n) is 2.98. The summed E-state index contributed by atoms with van der Waals surface area (Å²) in [6.45, 7) is 5.19. The van der Waals surface area contributed by atoms with E-state index in [0.29, 0.717) is 23.0 Å². The quantitative estimate of drug-likeness (QED) is 0.678. The van der Waals surface area contributed by atoms with Gasteiger partial charge in [-0.05, 0) is 51.4 Å². The van der Waals surface area contributed by atoms with Gasteiger partial charge in [0.2, 0.25) is 0 Å². The zero-order valence-corrected chi connectivity index (χ0v) is 12.6. The van der Waals surface area contributed by atoms with Gasteiger partial charge in [0.25, 0.3) is 0 Å². The number of methoxy groups -OCH3 is 1. The normalized spacial score (nSPS) is 21.4. The Labute approximate surface area is 120 Å². The molecule has 1 fully saturated rings. The van der Waals surface area contributed by atoms with Crippen LogP contribution in [-0.4, -0.2) is 36.4 Å². The number of hydrogen-bond donors (Lipinski definition) is 1. The number of anilines is 1. The summed E-state index contributed by atoms with van der Waals surface area (Å²) in [6.07, 6.45) is 3.60. The van der Waals surface area contributed by atoms with Crippen molar-refractivity contribution in [2.24, 2.45) is 0 Å². The summed E-state index contributed by atoms with van der Waals surface area (Å²) in [5.74, 6) is 0.744. The number of carbonyl (C=O) groups is 1. The first-order valence-corrected chi connectivity index (χ1v) is 7.28. The highest BCUT2D eigenvalue weighted by Gasteiger charge is 2.28. The Morgan fingerprint density at radius 3 is 2.80 bits per heavy atom. The van der Waals surface area contributed by atoms with E-state index in [2.05, 4.69) is 11.8 Å². The second kappa shape index (κ2) is 6.27. The molecular weight excluding hydrogens is 252 g/mol. The van der Waals surface area contributed by atoms with E-state index >= 15 is 0 Å². The molecule has 2 N–H and O–H groups in total. The van der Waals surface area contributed by atoms with E-state index in [-0.39, 0.29) is 11.8 Å². The first kappa shape index (κ1) is 14.9. The minimum atomic E-state index is -0.0990. The van der Waals surface area contributed by atoms with Crippen molar-refractivity contribution in [1.29, 1.82) is 0 Å². The van der Waals surface area contributed by atoms with Gasteiger partial charge in [-0.1, -0.05) is 6.42 Å². The molecule has 1 aromatic carbocycles. The zero-order chi connectivity index (χ0) is 14.7. The molecule has 110 valence electrons. The summed E-state index contributed by atoms with van der Waals surface area (Å²) in [5, 5.41) is 0. The van der Waals surface area contributed by atoms with Crippen LogP contribution in [0.3, 0.4) is 0 Å². The Balaban J connectivity index is 2.15. The van der Waals surface area contributed by atoms with E-state index in [9.17, 15) is 4.79 Å². The molecule has 0 aliphatic carbocycles. The van der Waals surface area contributed by atoms with Crippen LogP contribution in [0.15, 0.2) is 18.2 Å². The molecule has 0 amide bonds. The molecule has 1 heterocycles. The molecule has 1 aromatic rings. The molecule has 0 saturated carbocycles. The van der Waals surface area contributed by atoms with Crippen molar-refractivity contribution in [2.45, 2.75) is 45.2 Å². The Morgan fingerprint density at radius 1 is 1.45 bits per heavy atom. The van der Waals surface area contributed by atoms with E-state index in [0.717, 1.165) is 6.54 Å². The molecular formula is C16H24N2O2. The first-order chi connectivity index (χ1) is 9.54. The third-order valence-electron chi connectivity index (χ3n) is 4.25. The van der Waals surface area contributed by atoms with Crippen molar-refractivity contribution < 1.29 is 9.53 Å². The summed E-state index contributed by atoms with van der Waals surface area (Å²) < 4.78 is 5.13. The second-order valence-corrected chi connectivity index (χ2v) is 5.58. The number of likely N-dealkylation sites (tertiary alicyclic amines) is 1. The zero-order valence-electron chi connectivity index (χ0n) is 12.6. The third kappa shape index (κ3) is 2.96. The van der Waals surface area contributed by atoms with Crippen LogP contribution in [0.1, 0.15) is 43.5 Å². The van der Waals surface area contributed by atoms with Crippen LogP contribution in [0.25, 0.3) is 0 Å². The Bertz CT molecular complexity index is 487. The number of piperidine rings is 1. The molecule has 1 saturated heterocycles. The van der Waals surface area contributed by atoms with Crippen molar-refractivity contribution in [3.05, 3.63) is 23.8 Å². The van der Waals surface area contributed by atoms with E-state index in [1.807, 2.05) is 6.92 Å². The van der Waals surface area contributed by atoms with Crippen molar-refractivity contribution >= 4 is 11.5 Å². The van der Waals surface area contributed by atoms with Crippen LogP contribution < -0.4 is 10.5 Å². The molecule has 2 rings (SSSR count). The van der Waals surface area contributed by atoms with Crippen molar-refractivity contribution in [2.75, 3.05) is 19.4 Å². The molecule has 0 aromatic heterocycles. The molecule has 20 heavy (non-hydrogen) atoms. The second-order valence-electron chi connectivity index (χ2n) is 5.58. The van der Waals surface area contributed by atoms with Gasteiger partial charge < -0.3 is 10.5 Å². The highest BCUT2D eigenvalue weighted by atomic mass is 16.5. The first-order valence-electron chi connectivity index (χ1n) is 7.28. The van der Waals surface area contributed by atoms with Crippen molar-refractivity contribution in [3.63, 3.8) is 0 Å². The number of ether oxygens (including phenoxy) is 1. The van der Waals surface area contributed by atoms with Crippen LogP contribution in [0.5, 0.6) is 5.75 Å². The van der Waals surface area contributed by atoms with Gasteiger partial charge >= 0.3 is 0 Å². The third-order valence-corrected chi connectivity index (χ3v) is 4.25. The van der Waals surface area contributed by atoms with Crippen LogP contribution in [0, 0.1) is 0 Å². The molecule has 2 unspecified atom stereocenters. The van der Waals surface area contributed by atoms with Gasteiger partial charge in [-0.15, -0.1) is 0 Å². The van der Waals surface area contributed by atoms with Gasteiger partial charge in [0.15, 0.2) is 5.78 Å². The van der Waals surface area contributed by atoms with Gasteiger partial charge in [-0.25, -0.2) is 0 Å². The summed E-state index contributed by atoms with van der Waals surface area (Å²) >= 11 is 0. The SMILES string of the molecule is COc1ccc(C(=O)C(C)N2CCCCC2C)cc1N. The van der Waals surface area contributed by atoms with Gasteiger partial charge in [0, 0.05) is 11.6 Å². The maximum absolute atomic E-state index is 12.6. The predicted octanol–water partition coefficient (Wildman–Crippen LogP) is 2.72. The number of nitrogens with two attached hydrogens (primary N) is 1. The maximum atomic E-state index is 12.6. The van der Waals surface area contributed by atoms with E-state index in [4.69, 9.17) is 10.5 Å². The van der Waals surface area contributed by atoms with Crippen LogP contribution >= 0.6 is 0 Å². The minimum absolute atomic E-state index is 0.0990. The van der Waals surface area contributed by atoms with Crippen LogP contribution in [0.4, 0.5) is 5.69 Å². The molecule has 0 radical (unpaired) electrons. The number of Topliss-reactive ketones (excluding diaryl/α,β-unsaturated/α-hetero) is 1. The molecule has 1 aliphatic rings. The average Bonchev–Trinajstić information content (AvgIpc) is 2.46. The smallest absolute Gasteiger partial charge is 0.179 e. The van der Waals surface area contributed by atoms with Crippen LogP contribution in [0.2, 0.25) is 0 Å². The van der Waals surface area contributed by atoms with Crippen molar-refractivity contribution in [3.8, 4) is 5.75 Å². The van der Waals surface area contributed by atoms with Crippen LogP contribution in [-0.2, 0) is 0 Å². The minimum Gasteiger partial charge on any atom is -0.495 e. The molecule has 4 nitrogen and oxygen atoms in total. The summed E-state index contributed by atoms with van der Waals surface area (Å²) in [4.78, 5) is 14.9. The summed E-state index contributed by atoms with van der Waals surface area (Å²) in [5.41, 5.74) is 7.06.